The zero-order valence-corrected chi connectivity index (χ0v) is 11.3. The van der Waals surface area contributed by atoms with Crippen LogP contribution >= 0.6 is 27.7 Å². The molecule has 2 rings (SSSR count). The maximum atomic E-state index is 11.3. The number of nitrogens with zero attached hydrogens (tertiary/aromatic N) is 3. The fraction of sp³-hybridized carbons (Fsp3) is 0.125. The Morgan fingerprint density at radius 1 is 1.33 bits per heavy atom. The SMILES string of the molecule is Cn1[nH]c(=O)c(=O)nc1Sc1nc[nH]c(=O)c1Br. The van der Waals surface area contributed by atoms with E-state index in [4.69, 9.17) is 0 Å². The summed E-state index contributed by atoms with van der Waals surface area (Å²) in [5.74, 6) is 0. The second-order valence-corrected chi connectivity index (χ2v) is 4.90. The molecule has 0 radical (unpaired) electrons. The van der Waals surface area contributed by atoms with E-state index in [9.17, 15) is 14.4 Å². The van der Waals surface area contributed by atoms with Gasteiger partial charge in [0.15, 0.2) is 5.16 Å². The van der Waals surface area contributed by atoms with E-state index in [1.165, 1.54) is 18.1 Å². The van der Waals surface area contributed by atoms with Crippen LogP contribution in [0.3, 0.4) is 0 Å². The lowest BCUT2D eigenvalue weighted by atomic mass is 10.7. The minimum Gasteiger partial charge on any atom is -0.312 e. The van der Waals surface area contributed by atoms with E-state index in [-0.39, 0.29) is 15.2 Å². The molecule has 0 aliphatic heterocycles. The molecule has 10 heteroatoms. The Morgan fingerprint density at radius 2 is 2.06 bits per heavy atom. The normalized spacial score (nSPS) is 10.6. The predicted octanol–water partition coefficient (Wildman–Crippen LogP) is -0.534. The minimum absolute atomic E-state index is 0.221. The second kappa shape index (κ2) is 4.90. The second-order valence-electron chi connectivity index (χ2n) is 3.15. The molecule has 18 heavy (non-hydrogen) atoms. The van der Waals surface area contributed by atoms with E-state index in [0.717, 1.165) is 11.8 Å². The van der Waals surface area contributed by atoms with Gasteiger partial charge in [-0.3, -0.25) is 24.2 Å². The third kappa shape index (κ3) is 2.43. The average molecular weight is 332 g/mol. The molecule has 0 atom stereocenters. The number of nitrogens with one attached hydrogen (secondary N) is 2. The van der Waals surface area contributed by atoms with Gasteiger partial charge in [0.25, 0.3) is 5.56 Å². The first-order chi connectivity index (χ1) is 8.49. The molecule has 0 bridgehead atoms. The van der Waals surface area contributed by atoms with Crippen molar-refractivity contribution in [3.63, 3.8) is 0 Å². The van der Waals surface area contributed by atoms with Crippen LogP contribution in [0.5, 0.6) is 0 Å². The van der Waals surface area contributed by atoms with Crippen molar-refractivity contribution in [3.8, 4) is 0 Å². The monoisotopic (exact) mass is 331 g/mol. The zero-order valence-electron chi connectivity index (χ0n) is 8.93. The lowest BCUT2D eigenvalue weighted by Gasteiger charge is -2.05. The first-order valence-corrected chi connectivity index (χ1v) is 6.18. The molecular formula is C8H6BrN5O3S. The van der Waals surface area contributed by atoms with E-state index in [1.807, 2.05) is 0 Å². The zero-order chi connectivity index (χ0) is 13.3. The first-order valence-electron chi connectivity index (χ1n) is 4.57. The molecule has 0 aliphatic rings. The Hall–Kier alpha value is -1.68. The van der Waals surface area contributed by atoms with E-state index in [2.05, 4.69) is 36.0 Å². The minimum atomic E-state index is -0.892. The summed E-state index contributed by atoms with van der Waals surface area (Å²) >= 11 is 4.06. The van der Waals surface area contributed by atoms with Gasteiger partial charge in [-0.25, -0.2) is 4.98 Å². The fourth-order valence-electron chi connectivity index (χ4n) is 1.08. The largest absolute Gasteiger partial charge is 0.339 e. The summed E-state index contributed by atoms with van der Waals surface area (Å²) in [7, 11) is 1.53. The lowest BCUT2D eigenvalue weighted by molar-refractivity contribution is 0.596. The van der Waals surface area contributed by atoms with Crippen LogP contribution in [0.2, 0.25) is 0 Å². The Kier molecular flexibility index (Phi) is 3.48. The van der Waals surface area contributed by atoms with Gasteiger partial charge in [-0.15, -0.1) is 0 Å². The highest BCUT2D eigenvalue weighted by Gasteiger charge is 2.11. The van der Waals surface area contributed by atoms with E-state index in [1.54, 1.807) is 0 Å². The van der Waals surface area contributed by atoms with Gasteiger partial charge in [-0.05, 0) is 27.7 Å². The molecule has 0 saturated carbocycles. The van der Waals surface area contributed by atoms with Gasteiger partial charge in [-0.2, -0.15) is 4.98 Å². The van der Waals surface area contributed by atoms with E-state index in [0.29, 0.717) is 5.03 Å². The molecule has 0 amide bonds. The predicted molar refractivity (Wildman–Crippen MR) is 66.8 cm³/mol. The molecule has 0 aromatic carbocycles. The Balaban J connectivity index is 2.50. The Bertz CT molecular complexity index is 764. The number of aromatic nitrogens is 5. The molecule has 94 valence electrons. The van der Waals surface area contributed by atoms with Gasteiger partial charge in [0.2, 0.25) is 0 Å². The number of hydrogen-bond donors (Lipinski definition) is 2. The van der Waals surface area contributed by atoms with Crippen LogP contribution < -0.4 is 16.7 Å². The average Bonchev–Trinajstić information content (AvgIpc) is 2.32. The quantitative estimate of drug-likeness (QED) is 0.564. The van der Waals surface area contributed by atoms with Crippen molar-refractivity contribution in [1.29, 1.82) is 0 Å². The topological polar surface area (TPSA) is 114 Å². The van der Waals surface area contributed by atoms with Crippen LogP contribution in [0.25, 0.3) is 0 Å². The fourth-order valence-corrected chi connectivity index (χ4v) is 2.31. The number of aryl methyl sites for hydroxylation is 1. The summed E-state index contributed by atoms with van der Waals surface area (Å²) in [6, 6.07) is 0. The van der Waals surface area contributed by atoms with Gasteiger partial charge in [0.1, 0.15) is 9.50 Å². The Morgan fingerprint density at radius 3 is 2.78 bits per heavy atom. The highest BCUT2D eigenvalue weighted by molar-refractivity contribution is 9.10. The van der Waals surface area contributed by atoms with Crippen molar-refractivity contribution in [2.45, 2.75) is 10.2 Å². The van der Waals surface area contributed by atoms with Crippen molar-refractivity contribution in [1.82, 2.24) is 24.7 Å². The molecule has 0 aliphatic carbocycles. The van der Waals surface area contributed by atoms with Crippen molar-refractivity contribution < 1.29 is 0 Å². The highest BCUT2D eigenvalue weighted by atomic mass is 79.9. The van der Waals surface area contributed by atoms with Crippen LogP contribution in [0.15, 0.2) is 35.4 Å². The standard InChI is InChI=1S/C8H6BrN5O3S/c1-14-8(12-5(16)6(17)13-14)18-7-3(9)4(15)10-2-11-7/h2H,1H3,(H,13,17)(H,10,11,15). The summed E-state index contributed by atoms with van der Waals surface area (Å²) in [6.45, 7) is 0. The number of aromatic amines is 2. The molecule has 0 spiro atoms. The molecule has 2 aromatic heterocycles. The molecule has 2 aromatic rings. The van der Waals surface area contributed by atoms with Crippen molar-refractivity contribution >= 4 is 27.7 Å². The van der Waals surface area contributed by atoms with Crippen LogP contribution in [0, 0.1) is 0 Å². The third-order valence-corrected chi connectivity index (χ3v) is 3.95. The number of halogens is 1. The molecule has 2 N–H and O–H groups in total. The summed E-state index contributed by atoms with van der Waals surface area (Å²) in [4.78, 5) is 43.4. The smallest absolute Gasteiger partial charge is 0.312 e. The summed E-state index contributed by atoms with van der Waals surface area (Å²) in [5, 5.41) is 2.86. The number of hydrogen-bond acceptors (Lipinski definition) is 6. The first kappa shape index (κ1) is 12.8. The highest BCUT2D eigenvalue weighted by Crippen LogP contribution is 2.26. The lowest BCUT2D eigenvalue weighted by Crippen LogP contribution is -2.33. The van der Waals surface area contributed by atoms with Gasteiger partial charge in [0, 0.05) is 7.05 Å². The molecular weight excluding hydrogens is 326 g/mol. The van der Waals surface area contributed by atoms with Gasteiger partial charge in [-0.1, -0.05) is 0 Å². The molecule has 8 nitrogen and oxygen atoms in total. The van der Waals surface area contributed by atoms with Crippen molar-refractivity contribution in [2.24, 2.45) is 7.05 Å². The van der Waals surface area contributed by atoms with Gasteiger partial charge in [0.05, 0.1) is 6.33 Å². The third-order valence-electron chi connectivity index (χ3n) is 1.90. The molecule has 0 saturated heterocycles. The van der Waals surface area contributed by atoms with Crippen molar-refractivity contribution in [2.75, 3.05) is 0 Å². The number of rotatable bonds is 2. The van der Waals surface area contributed by atoms with Crippen LogP contribution in [-0.2, 0) is 7.05 Å². The van der Waals surface area contributed by atoms with Crippen LogP contribution in [0.1, 0.15) is 0 Å². The van der Waals surface area contributed by atoms with E-state index < -0.39 is 11.1 Å². The Labute approximate surface area is 112 Å². The maximum absolute atomic E-state index is 11.3. The summed E-state index contributed by atoms with van der Waals surface area (Å²) in [5.41, 5.74) is -2.04. The maximum Gasteiger partial charge on any atom is 0.339 e. The summed E-state index contributed by atoms with van der Waals surface area (Å²) < 4.78 is 1.51. The van der Waals surface area contributed by atoms with Crippen LogP contribution in [-0.4, -0.2) is 24.7 Å². The molecule has 0 unspecified atom stereocenters. The number of H-pyrrole nitrogens is 2. The van der Waals surface area contributed by atoms with Gasteiger partial charge >= 0.3 is 11.1 Å². The van der Waals surface area contributed by atoms with Crippen LogP contribution in [0.4, 0.5) is 0 Å². The molecule has 0 fully saturated rings. The van der Waals surface area contributed by atoms with E-state index >= 15 is 0 Å². The molecule has 2 heterocycles. The summed E-state index contributed by atoms with van der Waals surface area (Å²) in [6.07, 6.45) is 1.24. The van der Waals surface area contributed by atoms with Crippen molar-refractivity contribution in [3.05, 3.63) is 41.9 Å². The van der Waals surface area contributed by atoms with Gasteiger partial charge < -0.3 is 4.98 Å².